The van der Waals surface area contributed by atoms with Gasteiger partial charge in [-0.05, 0) is 51.5 Å². The first-order valence-corrected chi connectivity index (χ1v) is 9.00. The Hall–Kier alpha value is -3.78. The van der Waals surface area contributed by atoms with Crippen molar-refractivity contribution in [3.63, 3.8) is 0 Å². The van der Waals surface area contributed by atoms with E-state index >= 15 is 0 Å². The van der Waals surface area contributed by atoms with Crippen molar-refractivity contribution in [1.29, 1.82) is 0 Å². The fourth-order valence-electron chi connectivity index (χ4n) is 2.52. The Morgan fingerprint density at radius 2 is 1.83 bits per heavy atom. The van der Waals surface area contributed by atoms with Crippen molar-refractivity contribution in [2.24, 2.45) is 0 Å². The summed E-state index contributed by atoms with van der Waals surface area (Å²) in [5.41, 5.74) is 3.19. The van der Waals surface area contributed by atoms with Crippen molar-refractivity contribution in [1.82, 2.24) is 25.1 Å². The molecule has 4 rings (SSSR count). The molecule has 0 unspecified atom stereocenters. The van der Waals surface area contributed by atoms with Crippen molar-refractivity contribution in [2.75, 3.05) is 31.8 Å². The highest BCUT2D eigenvalue weighted by Crippen LogP contribution is 2.24. The lowest BCUT2D eigenvalue weighted by Gasteiger charge is -2.09. The van der Waals surface area contributed by atoms with E-state index in [1.807, 2.05) is 50.3 Å². The van der Waals surface area contributed by atoms with Gasteiger partial charge in [0, 0.05) is 22.8 Å². The molecule has 2 aromatic carbocycles. The van der Waals surface area contributed by atoms with Gasteiger partial charge in [0.1, 0.15) is 12.1 Å². The third-order valence-electron chi connectivity index (χ3n) is 3.68. The van der Waals surface area contributed by atoms with E-state index in [0.29, 0.717) is 17.3 Å². The summed E-state index contributed by atoms with van der Waals surface area (Å²) < 4.78 is 0. The second-order valence-electron chi connectivity index (χ2n) is 6.74. The van der Waals surface area contributed by atoms with Gasteiger partial charge in [-0.3, -0.25) is 9.89 Å². The molecule has 2 heterocycles. The molecule has 0 fully saturated rings. The van der Waals surface area contributed by atoms with Crippen molar-refractivity contribution < 1.29 is 4.79 Å². The molecule has 0 saturated heterocycles. The molecule has 0 spiro atoms. The van der Waals surface area contributed by atoms with Gasteiger partial charge in [-0.2, -0.15) is 10.1 Å². The number of aldehydes is 1. The van der Waals surface area contributed by atoms with Crippen LogP contribution in [0.5, 0.6) is 0 Å². The average molecular weight is 389 g/mol. The average Bonchev–Trinajstić information content (AvgIpc) is 3.18. The van der Waals surface area contributed by atoms with Crippen LogP contribution in [0.3, 0.4) is 0 Å². The van der Waals surface area contributed by atoms with Gasteiger partial charge in [0.05, 0.1) is 17.4 Å². The number of hydrogen-bond donors (Lipinski definition) is 3. The molecular formula is C21H23N7O. The summed E-state index contributed by atoms with van der Waals surface area (Å²) >= 11 is 0. The predicted octanol–water partition coefficient (Wildman–Crippen LogP) is 3.83. The van der Waals surface area contributed by atoms with Crippen LogP contribution in [-0.2, 0) is 0 Å². The molecule has 3 N–H and O–H groups in total. The molecule has 0 aliphatic carbocycles. The third kappa shape index (κ3) is 5.60. The molecule has 4 aromatic rings. The first-order valence-electron chi connectivity index (χ1n) is 9.00. The van der Waals surface area contributed by atoms with E-state index in [2.05, 4.69) is 30.8 Å². The van der Waals surface area contributed by atoms with Crippen LogP contribution in [-0.4, -0.2) is 52.5 Å². The van der Waals surface area contributed by atoms with Gasteiger partial charge in [0.2, 0.25) is 5.95 Å². The molecule has 0 aliphatic heterocycles. The number of fused-ring (bicyclic) bond motifs is 1. The molecular weight excluding hydrogens is 366 g/mol. The quantitative estimate of drug-likeness (QED) is 0.446. The molecule has 8 nitrogen and oxygen atoms in total. The Morgan fingerprint density at radius 1 is 1.03 bits per heavy atom. The maximum Gasteiger partial charge on any atom is 0.229 e. The number of aromatic amines is 1. The van der Waals surface area contributed by atoms with Gasteiger partial charge >= 0.3 is 0 Å². The number of rotatable bonds is 5. The second kappa shape index (κ2) is 9.43. The lowest BCUT2D eigenvalue weighted by molar-refractivity contribution is 0.112. The fraction of sp³-hybridized carbons (Fsp3) is 0.143. The molecule has 8 heteroatoms. The zero-order chi connectivity index (χ0) is 20.6. The number of nitrogens with zero attached hydrogens (tertiary/aromatic N) is 4. The molecule has 0 radical (unpaired) electrons. The van der Waals surface area contributed by atoms with Gasteiger partial charge in [-0.25, -0.2) is 4.98 Å². The number of nitrogens with one attached hydrogen (secondary N) is 3. The highest BCUT2D eigenvalue weighted by Gasteiger charge is 2.05. The van der Waals surface area contributed by atoms with E-state index in [9.17, 15) is 4.79 Å². The highest BCUT2D eigenvalue weighted by atomic mass is 16.1. The van der Waals surface area contributed by atoms with Crippen LogP contribution < -0.4 is 10.6 Å². The number of aromatic nitrogens is 4. The van der Waals surface area contributed by atoms with Crippen LogP contribution in [0.4, 0.5) is 23.1 Å². The van der Waals surface area contributed by atoms with Gasteiger partial charge in [0.25, 0.3) is 0 Å². The van der Waals surface area contributed by atoms with Crippen LogP contribution >= 0.6 is 0 Å². The minimum absolute atomic E-state index is 0.437. The maximum absolute atomic E-state index is 10.9. The lowest BCUT2D eigenvalue weighted by atomic mass is 10.2. The summed E-state index contributed by atoms with van der Waals surface area (Å²) in [5, 5.41) is 14.3. The zero-order valence-corrected chi connectivity index (χ0v) is 16.5. The molecule has 2 aromatic heterocycles. The Morgan fingerprint density at radius 3 is 2.62 bits per heavy atom. The smallest absolute Gasteiger partial charge is 0.229 e. The van der Waals surface area contributed by atoms with Crippen molar-refractivity contribution in [2.45, 2.75) is 0 Å². The van der Waals surface area contributed by atoms with Crippen molar-refractivity contribution in [3.05, 3.63) is 66.5 Å². The topological polar surface area (TPSA) is 98.8 Å². The van der Waals surface area contributed by atoms with Crippen molar-refractivity contribution in [3.8, 4) is 0 Å². The number of H-pyrrole nitrogens is 1. The molecule has 0 aliphatic rings. The molecule has 29 heavy (non-hydrogen) atoms. The summed E-state index contributed by atoms with van der Waals surface area (Å²) in [6, 6.07) is 14.8. The SMILES string of the molecule is CN(C)C.O=Cc1cccc(Nc2nccc(Nc3cccc4[nH]ncc34)n2)c1. The zero-order valence-electron chi connectivity index (χ0n) is 16.5. The molecule has 0 atom stereocenters. The van der Waals surface area contributed by atoms with Crippen LogP contribution in [0, 0.1) is 0 Å². The molecule has 0 amide bonds. The van der Waals surface area contributed by atoms with E-state index in [1.165, 1.54) is 0 Å². The summed E-state index contributed by atoms with van der Waals surface area (Å²) in [4.78, 5) is 21.5. The van der Waals surface area contributed by atoms with E-state index in [-0.39, 0.29) is 0 Å². The van der Waals surface area contributed by atoms with Gasteiger partial charge in [-0.1, -0.05) is 18.2 Å². The summed E-state index contributed by atoms with van der Waals surface area (Å²) in [7, 11) is 6.00. The predicted molar refractivity (Wildman–Crippen MR) is 116 cm³/mol. The Bertz CT molecular complexity index is 1090. The highest BCUT2D eigenvalue weighted by molar-refractivity contribution is 5.92. The van der Waals surface area contributed by atoms with E-state index in [1.54, 1.807) is 36.7 Å². The van der Waals surface area contributed by atoms with Gasteiger partial charge in [-0.15, -0.1) is 0 Å². The molecule has 0 bridgehead atoms. The van der Waals surface area contributed by atoms with Crippen LogP contribution in [0.15, 0.2) is 60.9 Å². The maximum atomic E-state index is 10.9. The van der Waals surface area contributed by atoms with E-state index in [0.717, 1.165) is 28.6 Å². The normalized spacial score (nSPS) is 10.3. The Kier molecular flexibility index (Phi) is 6.49. The summed E-state index contributed by atoms with van der Waals surface area (Å²) in [6.45, 7) is 0. The minimum Gasteiger partial charge on any atom is -0.339 e. The van der Waals surface area contributed by atoms with Gasteiger partial charge in [0.15, 0.2) is 0 Å². The summed E-state index contributed by atoms with van der Waals surface area (Å²) in [5.74, 6) is 1.09. The standard InChI is InChI=1S/C18H14N6O.C3H9N/c25-11-12-3-1-4-13(9-12)21-18-19-8-7-17(23-18)22-15-5-2-6-16-14(15)10-20-24-16;1-4(2)3/h1-11H,(H,20,24)(H2,19,21,22,23);1-3H3. The first kappa shape index (κ1) is 20.0. The number of hydrogen-bond acceptors (Lipinski definition) is 7. The third-order valence-corrected chi connectivity index (χ3v) is 3.68. The van der Waals surface area contributed by atoms with Crippen LogP contribution in [0.2, 0.25) is 0 Å². The molecule has 148 valence electrons. The van der Waals surface area contributed by atoms with E-state index in [4.69, 9.17) is 0 Å². The van der Waals surface area contributed by atoms with Crippen LogP contribution in [0.1, 0.15) is 10.4 Å². The number of carbonyl (C=O) groups excluding carboxylic acids is 1. The Labute approximate surface area is 169 Å². The number of benzene rings is 2. The van der Waals surface area contributed by atoms with E-state index < -0.39 is 0 Å². The second-order valence-corrected chi connectivity index (χ2v) is 6.74. The minimum atomic E-state index is 0.437. The van der Waals surface area contributed by atoms with Crippen molar-refractivity contribution >= 4 is 40.3 Å². The lowest BCUT2D eigenvalue weighted by Crippen LogP contribution is -2.00. The van der Waals surface area contributed by atoms with Gasteiger partial charge < -0.3 is 15.5 Å². The Balaban J connectivity index is 0.000000552. The monoisotopic (exact) mass is 389 g/mol. The van der Waals surface area contributed by atoms with Crippen LogP contribution in [0.25, 0.3) is 10.9 Å². The first-order chi connectivity index (χ1) is 14.0. The number of anilines is 4. The largest absolute Gasteiger partial charge is 0.339 e. The fourth-order valence-corrected chi connectivity index (χ4v) is 2.52. The summed E-state index contributed by atoms with van der Waals surface area (Å²) in [6.07, 6.45) is 4.23. The molecule has 0 saturated carbocycles. The number of carbonyl (C=O) groups is 1.